The van der Waals surface area contributed by atoms with Crippen molar-refractivity contribution < 1.29 is 14.6 Å². The molecule has 7 heteroatoms. The van der Waals surface area contributed by atoms with Crippen molar-refractivity contribution >= 4 is 18.0 Å². The molecular weight excluding hydrogens is 356 g/mol. The number of benzene rings is 1. The van der Waals surface area contributed by atoms with Gasteiger partial charge in [0.2, 0.25) is 0 Å². The van der Waals surface area contributed by atoms with Crippen molar-refractivity contribution in [1.82, 2.24) is 4.98 Å². The number of hydrogen-bond donors (Lipinski definition) is 2. The number of anilines is 2. The summed E-state index contributed by atoms with van der Waals surface area (Å²) in [6.45, 7) is 5.26. The van der Waals surface area contributed by atoms with Crippen LogP contribution in [0.4, 0.5) is 11.5 Å². The van der Waals surface area contributed by atoms with Crippen molar-refractivity contribution in [3.8, 4) is 17.2 Å². The van der Waals surface area contributed by atoms with Gasteiger partial charge in [0.25, 0.3) is 6.47 Å². The highest BCUT2D eigenvalue weighted by Gasteiger charge is 2.23. The van der Waals surface area contributed by atoms with Gasteiger partial charge < -0.3 is 20.5 Å². The molecule has 4 rings (SSSR count). The van der Waals surface area contributed by atoms with Crippen LogP contribution in [0.3, 0.4) is 0 Å². The van der Waals surface area contributed by atoms with E-state index < -0.39 is 0 Å². The number of aryl methyl sites for hydroxylation is 1. The van der Waals surface area contributed by atoms with Crippen LogP contribution in [0.5, 0.6) is 0 Å². The number of ether oxygens (including phenoxy) is 1. The van der Waals surface area contributed by atoms with E-state index in [0.717, 1.165) is 41.9 Å². The van der Waals surface area contributed by atoms with Crippen molar-refractivity contribution in [1.29, 1.82) is 5.26 Å². The molecule has 0 radical (unpaired) electrons. The normalized spacial score (nSPS) is 15.2. The van der Waals surface area contributed by atoms with E-state index in [0.29, 0.717) is 24.6 Å². The molecule has 0 atom stereocenters. The Kier molecular flexibility index (Phi) is 6.12. The second-order valence-corrected chi connectivity index (χ2v) is 6.89. The predicted molar refractivity (Wildman–Crippen MR) is 107 cm³/mol. The number of aromatic nitrogens is 1. The van der Waals surface area contributed by atoms with Crippen LogP contribution in [-0.4, -0.2) is 36.3 Å². The van der Waals surface area contributed by atoms with Crippen LogP contribution in [0.15, 0.2) is 18.2 Å². The summed E-state index contributed by atoms with van der Waals surface area (Å²) in [6, 6.07) is 8.69. The topological polar surface area (TPSA) is 112 Å². The van der Waals surface area contributed by atoms with E-state index in [-0.39, 0.29) is 6.47 Å². The molecular formula is C21H24N4O3. The van der Waals surface area contributed by atoms with Gasteiger partial charge in [0.1, 0.15) is 17.5 Å². The Morgan fingerprint density at radius 1 is 1.36 bits per heavy atom. The van der Waals surface area contributed by atoms with Gasteiger partial charge in [-0.05, 0) is 43.0 Å². The molecule has 2 aliphatic heterocycles. The lowest BCUT2D eigenvalue weighted by Crippen LogP contribution is -2.19. The van der Waals surface area contributed by atoms with E-state index in [9.17, 15) is 5.26 Å². The average Bonchev–Trinajstić information content (AvgIpc) is 3.22. The number of hydrogen-bond acceptors (Lipinski definition) is 6. The third-order valence-corrected chi connectivity index (χ3v) is 5.19. The molecule has 2 aromatic rings. The number of carbonyl (C=O) groups is 1. The summed E-state index contributed by atoms with van der Waals surface area (Å²) in [6.07, 6.45) is 3.25. The molecule has 2 aliphatic rings. The summed E-state index contributed by atoms with van der Waals surface area (Å²) in [7, 11) is 0. The summed E-state index contributed by atoms with van der Waals surface area (Å²) in [5.74, 6) is 0.319. The quantitative estimate of drug-likeness (QED) is 0.770. The van der Waals surface area contributed by atoms with Crippen LogP contribution >= 0.6 is 0 Å². The fraction of sp³-hybridized carbons (Fsp3) is 0.381. The average molecular weight is 380 g/mol. The lowest BCUT2D eigenvalue weighted by atomic mass is 9.91. The minimum absolute atomic E-state index is 0.250. The van der Waals surface area contributed by atoms with Gasteiger partial charge in [0, 0.05) is 36.3 Å². The molecule has 28 heavy (non-hydrogen) atoms. The first-order valence-electron chi connectivity index (χ1n) is 9.33. The van der Waals surface area contributed by atoms with Crippen molar-refractivity contribution in [2.24, 2.45) is 0 Å². The zero-order valence-corrected chi connectivity index (χ0v) is 15.9. The summed E-state index contributed by atoms with van der Waals surface area (Å²) >= 11 is 0. The Bertz CT molecular complexity index is 915. The molecule has 0 unspecified atom stereocenters. The highest BCUT2D eigenvalue weighted by Crippen LogP contribution is 2.36. The van der Waals surface area contributed by atoms with Crippen LogP contribution in [0.1, 0.15) is 35.2 Å². The van der Waals surface area contributed by atoms with E-state index in [1.165, 1.54) is 24.1 Å². The number of nitriles is 1. The standard InChI is InChI=1S/C20H22N4O.CH2O2/c1-13-10-14(4-5-18(13)24-7-2-3-8-24)19-15(11-21)20(22)23-17-6-9-25-12-16(17)19;2-1-3/h4-5,10H,2-3,6-9,12H2,1H3,(H2,22,23);1H,(H,2,3). The zero-order valence-electron chi connectivity index (χ0n) is 15.9. The van der Waals surface area contributed by atoms with Crippen LogP contribution in [0.2, 0.25) is 0 Å². The zero-order chi connectivity index (χ0) is 20.1. The molecule has 0 aliphatic carbocycles. The third-order valence-electron chi connectivity index (χ3n) is 5.19. The maximum absolute atomic E-state index is 9.64. The molecule has 1 fully saturated rings. The monoisotopic (exact) mass is 380 g/mol. The second kappa shape index (κ2) is 8.72. The molecule has 7 nitrogen and oxygen atoms in total. The van der Waals surface area contributed by atoms with E-state index in [4.69, 9.17) is 20.4 Å². The molecule has 1 saturated heterocycles. The van der Waals surface area contributed by atoms with E-state index >= 15 is 0 Å². The van der Waals surface area contributed by atoms with Crippen LogP contribution in [0.25, 0.3) is 11.1 Å². The largest absolute Gasteiger partial charge is 0.483 e. The Morgan fingerprint density at radius 3 is 2.71 bits per heavy atom. The molecule has 0 bridgehead atoms. The minimum Gasteiger partial charge on any atom is -0.483 e. The van der Waals surface area contributed by atoms with Crippen molar-refractivity contribution in [3.05, 3.63) is 40.6 Å². The highest BCUT2D eigenvalue weighted by atomic mass is 16.5. The van der Waals surface area contributed by atoms with Gasteiger partial charge in [-0.2, -0.15) is 5.26 Å². The van der Waals surface area contributed by atoms with Gasteiger partial charge in [-0.3, -0.25) is 4.79 Å². The van der Waals surface area contributed by atoms with E-state index in [2.05, 4.69) is 41.1 Å². The van der Waals surface area contributed by atoms with Crippen LogP contribution < -0.4 is 10.6 Å². The first-order chi connectivity index (χ1) is 13.6. The number of pyridine rings is 1. The van der Waals surface area contributed by atoms with E-state index in [1.807, 2.05) is 0 Å². The molecule has 3 N–H and O–H groups in total. The number of nitrogen functional groups attached to an aromatic ring is 1. The summed E-state index contributed by atoms with van der Waals surface area (Å²) < 4.78 is 5.63. The molecule has 0 amide bonds. The Balaban J connectivity index is 0.000000706. The predicted octanol–water partition coefficient (Wildman–Crippen LogP) is 2.88. The number of nitrogens with zero attached hydrogens (tertiary/aromatic N) is 3. The summed E-state index contributed by atoms with van der Waals surface area (Å²) in [5, 5.41) is 16.5. The number of nitrogens with two attached hydrogens (primary N) is 1. The van der Waals surface area contributed by atoms with E-state index in [1.54, 1.807) is 0 Å². The fourth-order valence-electron chi connectivity index (χ4n) is 3.95. The maximum atomic E-state index is 9.64. The lowest BCUT2D eigenvalue weighted by Gasteiger charge is -2.23. The molecule has 146 valence electrons. The molecule has 0 spiro atoms. The Labute approximate surface area is 164 Å². The highest BCUT2D eigenvalue weighted by molar-refractivity contribution is 5.80. The second-order valence-electron chi connectivity index (χ2n) is 6.89. The van der Waals surface area contributed by atoms with Crippen molar-refractivity contribution in [2.45, 2.75) is 32.8 Å². The van der Waals surface area contributed by atoms with Gasteiger partial charge in [0.05, 0.1) is 18.9 Å². The van der Waals surface area contributed by atoms with Gasteiger partial charge in [-0.1, -0.05) is 6.07 Å². The van der Waals surface area contributed by atoms with Crippen molar-refractivity contribution in [2.75, 3.05) is 30.3 Å². The summed E-state index contributed by atoms with van der Waals surface area (Å²) in [4.78, 5) is 15.2. The Morgan fingerprint density at radius 2 is 2.07 bits per heavy atom. The first kappa shape index (κ1) is 19.6. The van der Waals surface area contributed by atoms with Gasteiger partial charge in [-0.25, -0.2) is 4.98 Å². The SMILES string of the molecule is Cc1cc(-c2c(C#N)c(N)nc3c2COCC3)ccc1N1CCCC1.O=CO. The van der Waals surface area contributed by atoms with Gasteiger partial charge in [-0.15, -0.1) is 0 Å². The fourth-order valence-corrected chi connectivity index (χ4v) is 3.95. The van der Waals surface area contributed by atoms with Gasteiger partial charge in [0.15, 0.2) is 0 Å². The number of rotatable bonds is 2. The van der Waals surface area contributed by atoms with Crippen LogP contribution in [0, 0.1) is 18.3 Å². The molecule has 3 heterocycles. The van der Waals surface area contributed by atoms with Gasteiger partial charge >= 0.3 is 0 Å². The minimum atomic E-state index is -0.250. The first-order valence-corrected chi connectivity index (χ1v) is 9.33. The molecule has 1 aromatic heterocycles. The lowest BCUT2D eigenvalue weighted by molar-refractivity contribution is -0.122. The smallest absolute Gasteiger partial charge is 0.290 e. The maximum Gasteiger partial charge on any atom is 0.290 e. The van der Waals surface area contributed by atoms with Crippen LogP contribution in [-0.2, 0) is 22.6 Å². The number of carboxylic acid groups (broad SMARTS) is 1. The Hall–Kier alpha value is -3.11. The molecule has 0 saturated carbocycles. The summed E-state index contributed by atoms with van der Waals surface area (Å²) in [5.41, 5.74) is 12.9. The number of fused-ring (bicyclic) bond motifs is 1. The molecule has 1 aromatic carbocycles. The third kappa shape index (κ3) is 3.78. The van der Waals surface area contributed by atoms with Crippen molar-refractivity contribution in [3.63, 3.8) is 0 Å².